The molecule has 1 N–H and O–H groups in total. The number of hydrogen-bond acceptors (Lipinski definition) is 3. The van der Waals surface area contributed by atoms with Crippen molar-refractivity contribution in [2.24, 2.45) is 0 Å². The first-order valence-electron chi connectivity index (χ1n) is 10.0. The van der Waals surface area contributed by atoms with Crippen molar-refractivity contribution >= 4 is 32.7 Å². The maximum atomic E-state index is 13.0. The van der Waals surface area contributed by atoms with E-state index in [0.29, 0.717) is 18.4 Å². The Morgan fingerprint density at radius 1 is 1.18 bits per heavy atom. The zero-order valence-corrected chi connectivity index (χ0v) is 17.6. The number of aromatic nitrogens is 4. The highest BCUT2D eigenvalue weighted by molar-refractivity contribution is 9.10. The predicted octanol–water partition coefficient (Wildman–Crippen LogP) is 4.11. The van der Waals surface area contributed by atoms with Gasteiger partial charge in [0.25, 0.3) is 0 Å². The number of carbonyl (C=O) groups is 1. The van der Waals surface area contributed by atoms with E-state index in [0.717, 1.165) is 58.6 Å². The summed E-state index contributed by atoms with van der Waals surface area (Å²) >= 11 is 3.68. The van der Waals surface area contributed by atoms with Crippen LogP contribution in [-0.2, 0) is 11.3 Å². The van der Waals surface area contributed by atoms with Gasteiger partial charge in [0.15, 0.2) is 5.82 Å². The van der Waals surface area contributed by atoms with E-state index in [4.69, 9.17) is 4.98 Å². The first-order valence-corrected chi connectivity index (χ1v) is 10.8. The number of halogens is 1. The Labute approximate surface area is 172 Å². The third-order valence-corrected chi connectivity index (χ3v) is 7.15. The normalized spacial score (nSPS) is 18.1. The van der Waals surface area contributed by atoms with Crippen LogP contribution >= 0.6 is 15.9 Å². The van der Waals surface area contributed by atoms with Crippen molar-refractivity contribution in [2.45, 2.75) is 51.0 Å². The average molecular weight is 442 g/mol. The summed E-state index contributed by atoms with van der Waals surface area (Å²) < 4.78 is 3.19. The van der Waals surface area contributed by atoms with Crippen LogP contribution in [0.25, 0.3) is 10.9 Å². The number of likely N-dealkylation sites (tertiary alicyclic amines) is 1. The molecular formula is C21H24BrN5O. The Morgan fingerprint density at radius 3 is 2.68 bits per heavy atom. The molecule has 28 heavy (non-hydrogen) atoms. The van der Waals surface area contributed by atoms with Crippen molar-refractivity contribution in [1.82, 2.24) is 24.6 Å². The summed E-state index contributed by atoms with van der Waals surface area (Å²) in [5, 5.41) is 8.67. The monoisotopic (exact) mass is 441 g/mol. The van der Waals surface area contributed by atoms with E-state index in [-0.39, 0.29) is 5.91 Å². The molecule has 6 nitrogen and oxygen atoms in total. The molecule has 0 atom stereocenters. The Hall–Kier alpha value is -2.15. The van der Waals surface area contributed by atoms with Crippen molar-refractivity contribution in [1.29, 1.82) is 0 Å². The summed E-state index contributed by atoms with van der Waals surface area (Å²) in [5.74, 6) is 3.13. The van der Waals surface area contributed by atoms with Gasteiger partial charge in [-0.05, 0) is 54.6 Å². The number of nitrogens with one attached hydrogen (secondary N) is 1. The number of para-hydroxylation sites is 1. The van der Waals surface area contributed by atoms with Gasteiger partial charge >= 0.3 is 0 Å². The number of rotatable bonds is 4. The number of H-pyrrole nitrogens is 1. The molecule has 2 aromatic heterocycles. The summed E-state index contributed by atoms with van der Waals surface area (Å²) in [7, 11) is 0. The van der Waals surface area contributed by atoms with Crippen LogP contribution in [0.15, 0.2) is 28.7 Å². The quantitative estimate of drug-likeness (QED) is 0.661. The number of aromatic amines is 1. The van der Waals surface area contributed by atoms with Crippen molar-refractivity contribution in [2.75, 3.05) is 13.1 Å². The summed E-state index contributed by atoms with van der Waals surface area (Å²) in [5.41, 5.74) is 2.20. The summed E-state index contributed by atoms with van der Waals surface area (Å²) in [4.78, 5) is 19.7. The second kappa shape index (κ2) is 7.03. The van der Waals surface area contributed by atoms with Crippen LogP contribution in [0.2, 0.25) is 0 Å². The summed E-state index contributed by atoms with van der Waals surface area (Å²) in [6.45, 7) is 4.01. The van der Waals surface area contributed by atoms with Gasteiger partial charge in [-0.2, -0.15) is 5.10 Å². The van der Waals surface area contributed by atoms with E-state index in [2.05, 4.69) is 49.8 Å². The molecule has 1 saturated carbocycles. The van der Waals surface area contributed by atoms with Crippen LogP contribution < -0.4 is 0 Å². The minimum Gasteiger partial charge on any atom is -0.341 e. The van der Waals surface area contributed by atoms with Gasteiger partial charge in [-0.15, -0.1) is 0 Å². The van der Waals surface area contributed by atoms with Crippen molar-refractivity contribution in [3.63, 3.8) is 0 Å². The number of amides is 1. The fraction of sp³-hybridized carbons (Fsp3) is 0.476. The van der Waals surface area contributed by atoms with Gasteiger partial charge in [-0.1, -0.05) is 18.2 Å². The van der Waals surface area contributed by atoms with Crippen LogP contribution in [0.1, 0.15) is 54.9 Å². The van der Waals surface area contributed by atoms with E-state index >= 15 is 0 Å². The van der Waals surface area contributed by atoms with Crippen molar-refractivity contribution < 1.29 is 4.79 Å². The molecule has 5 rings (SSSR count). The number of nitrogens with zero attached hydrogens (tertiary/aromatic N) is 4. The number of hydrogen-bond donors (Lipinski definition) is 1. The first kappa shape index (κ1) is 17.9. The van der Waals surface area contributed by atoms with Crippen molar-refractivity contribution in [3.05, 3.63) is 46.1 Å². The molecule has 2 fully saturated rings. The Balaban J connectivity index is 1.25. The predicted molar refractivity (Wildman–Crippen MR) is 111 cm³/mol. The van der Waals surface area contributed by atoms with E-state index < -0.39 is 0 Å². The lowest BCUT2D eigenvalue weighted by Crippen LogP contribution is -2.40. The lowest BCUT2D eigenvalue weighted by molar-refractivity contribution is -0.132. The molecule has 0 bridgehead atoms. The first-order chi connectivity index (χ1) is 13.6. The second-order valence-electron chi connectivity index (χ2n) is 8.01. The van der Waals surface area contributed by atoms with Crippen molar-refractivity contribution in [3.8, 4) is 0 Å². The zero-order chi connectivity index (χ0) is 19.3. The number of fused-ring (bicyclic) bond motifs is 1. The van der Waals surface area contributed by atoms with Gasteiger partial charge in [0.2, 0.25) is 5.91 Å². The van der Waals surface area contributed by atoms with Crippen LogP contribution in [0.5, 0.6) is 0 Å². The highest BCUT2D eigenvalue weighted by Gasteiger charge is 2.31. The number of piperidine rings is 1. The second-order valence-corrected chi connectivity index (χ2v) is 8.80. The number of carbonyl (C=O) groups excluding carboxylic acids is 1. The van der Waals surface area contributed by atoms with Gasteiger partial charge in [0.05, 0.1) is 0 Å². The molecule has 1 aromatic carbocycles. The number of benzene rings is 1. The summed E-state index contributed by atoms with van der Waals surface area (Å²) in [6, 6.07) is 8.22. The van der Waals surface area contributed by atoms with Gasteiger partial charge in [0.1, 0.15) is 12.4 Å². The molecule has 1 aliphatic carbocycles. The van der Waals surface area contributed by atoms with E-state index in [1.54, 1.807) is 0 Å². The molecule has 3 aromatic rings. The molecule has 1 aliphatic heterocycles. The minimum atomic E-state index is 0.186. The smallest absolute Gasteiger partial charge is 0.242 e. The van der Waals surface area contributed by atoms with Gasteiger partial charge in [-0.25, -0.2) is 4.98 Å². The zero-order valence-electron chi connectivity index (χ0n) is 16.0. The molecular weight excluding hydrogens is 418 g/mol. The van der Waals surface area contributed by atoms with Crippen LogP contribution in [0, 0.1) is 6.92 Å². The fourth-order valence-corrected chi connectivity index (χ4v) is 4.77. The third kappa shape index (κ3) is 3.15. The third-order valence-electron chi connectivity index (χ3n) is 6.14. The molecule has 1 amide bonds. The molecule has 0 spiro atoms. The topological polar surface area (TPSA) is 66.8 Å². The average Bonchev–Trinajstić information content (AvgIpc) is 3.42. The highest BCUT2D eigenvalue weighted by atomic mass is 79.9. The van der Waals surface area contributed by atoms with Gasteiger partial charge in [0, 0.05) is 46.0 Å². The Bertz CT molecular complexity index is 1030. The maximum Gasteiger partial charge on any atom is 0.242 e. The molecule has 3 heterocycles. The van der Waals surface area contributed by atoms with E-state index in [1.165, 1.54) is 12.8 Å². The van der Waals surface area contributed by atoms with Crippen LogP contribution in [0.4, 0.5) is 0 Å². The van der Waals surface area contributed by atoms with Gasteiger partial charge in [-0.3, -0.25) is 9.89 Å². The molecule has 0 unspecified atom stereocenters. The van der Waals surface area contributed by atoms with Gasteiger partial charge < -0.3 is 9.47 Å². The molecule has 2 aliphatic rings. The van der Waals surface area contributed by atoms with E-state index in [1.807, 2.05) is 17.0 Å². The minimum absolute atomic E-state index is 0.186. The highest BCUT2D eigenvalue weighted by Crippen LogP contribution is 2.38. The van der Waals surface area contributed by atoms with Crippen LogP contribution in [0.3, 0.4) is 0 Å². The van der Waals surface area contributed by atoms with E-state index in [9.17, 15) is 4.79 Å². The SMILES string of the molecule is Cc1c(Br)c2ccccc2n1CC(=O)N1CCC(c2nc(C3CC3)n[nH]2)CC1. The van der Waals surface area contributed by atoms with Crippen LogP contribution in [-0.4, -0.2) is 43.6 Å². The lowest BCUT2D eigenvalue weighted by atomic mass is 9.96. The molecule has 0 radical (unpaired) electrons. The fourth-order valence-electron chi connectivity index (χ4n) is 4.22. The lowest BCUT2D eigenvalue weighted by Gasteiger charge is -2.31. The standard InChI is InChI=1S/C21H24BrN5O/c1-13-19(22)16-4-2-3-5-17(16)27(13)12-18(28)26-10-8-15(9-11-26)21-23-20(24-25-21)14-6-7-14/h2-5,14-15H,6-12H2,1H3,(H,23,24,25). The molecule has 7 heteroatoms. The Morgan fingerprint density at radius 2 is 1.93 bits per heavy atom. The maximum absolute atomic E-state index is 13.0. The molecule has 146 valence electrons. The summed E-state index contributed by atoms with van der Waals surface area (Å²) in [6.07, 6.45) is 4.32. The largest absolute Gasteiger partial charge is 0.341 e. The Kier molecular flexibility index (Phi) is 4.50. The molecule has 1 saturated heterocycles.